The Balaban J connectivity index is 1.80. The van der Waals surface area contributed by atoms with E-state index in [1.165, 1.54) is 4.31 Å². The third-order valence-corrected chi connectivity index (χ3v) is 6.00. The van der Waals surface area contributed by atoms with Crippen LogP contribution < -0.4 is 0 Å². The topological polar surface area (TPSA) is 66.9 Å². The van der Waals surface area contributed by atoms with E-state index in [9.17, 15) is 26.4 Å². The van der Waals surface area contributed by atoms with Gasteiger partial charge in [0.2, 0.25) is 15.9 Å². The maximum absolute atomic E-state index is 12.6. The van der Waals surface area contributed by atoms with Gasteiger partial charge in [0.15, 0.2) is 0 Å². The number of sulfonamides is 1. The van der Waals surface area contributed by atoms with E-state index in [0.29, 0.717) is 0 Å². The molecule has 2 aliphatic rings. The summed E-state index contributed by atoms with van der Waals surface area (Å²) in [4.78, 5) is 13.1. The molecule has 10 heteroatoms. The van der Waals surface area contributed by atoms with Crippen molar-refractivity contribution in [2.24, 2.45) is 0 Å². The summed E-state index contributed by atoms with van der Waals surface area (Å²) in [7, 11) is -3.92. The predicted molar refractivity (Wildman–Crippen MR) is 76.5 cm³/mol. The zero-order valence-corrected chi connectivity index (χ0v) is 13.3. The summed E-state index contributed by atoms with van der Waals surface area (Å²) in [6.45, 7) is 0.639. The van der Waals surface area contributed by atoms with E-state index in [0.717, 1.165) is 24.3 Å². The Labute approximate surface area is 136 Å². The van der Waals surface area contributed by atoms with Gasteiger partial charge in [-0.3, -0.25) is 4.79 Å². The quantitative estimate of drug-likeness (QED) is 0.783. The number of morpholine rings is 1. The number of hydrogen-bond donors (Lipinski definition) is 0. The molecular weight excluding hydrogens is 349 g/mol. The van der Waals surface area contributed by atoms with E-state index in [1.54, 1.807) is 4.90 Å². The Hall–Kier alpha value is -1.65. The van der Waals surface area contributed by atoms with E-state index in [1.807, 2.05) is 0 Å². The zero-order valence-electron chi connectivity index (χ0n) is 12.5. The van der Waals surface area contributed by atoms with Crippen LogP contribution >= 0.6 is 0 Å². The van der Waals surface area contributed by atoms with Crippen molar-refractivity contribution in [1.29, 1.82) is 0 Å². The Morgan fingerprint density at radius 1 is 1.12 bits per heavy atom. The van der Waals surface area contributed by atoms with Gasteiger partial charge in [0.05, 0.1) is 23.1 Å². The molecule has 1 unspecified atom stereocenters. The highest BCUT2D eigenvalue weighted by atomic mass is 32.2. The first kappa shape index (κ1) is 17.2. The minimum atomic E-state index is -4.52. The molecule has 2 fully saturated rings. The summed E-state index contributed by atoms with van der Waals surface area (Å²) in [5.41, 5.74) is -0.905. The summed E-state index contributed by atoms with van der Waals surface area (Å²) in [6.07, 6.45) is -4.52. The van der Waals surface area contributed by atoms with Gasteiger partial charge >= 0.3 is 6.18 Å². The molecule has 6 nitrogen and oxygen atoms in total. The second kappa shape index (κ2) is 6.01. The summed E-state index contributed by atoms with van der Waals surface area (Å²) >= 11 is 0. The van der Waals surface area contributed by atoms with Crippen molar-refractivity contribution in [3.63, 3.8) is 0 Å². The second-order valence-corrected chi connectivity index (χ2v) is 7.58. The second-order valence-electron chi connectivity index (χ2n) is 5.64. The van der Waals surface area contributed by atoms with Gasteiger partial charge in [-0.25, -0.2) is 8.42 Å². The molecule has 1 aromatic rings. The molecule has 2 aliphatic heterocycles. The highest BCUT2D eigenvalue weighted by Crippen LogP contribution is 2.30. The summed E-state index contributed by atoms with van der Waals surface area (Å²) in [5.74, 6) is -0.183. The Morgan fingerprint density at radius 2 is 1.79 bits per heavy atom. The van der Waals surface area contributed by atoms with Crippen LogP contribution in [0.15, 0.2) is 29.2 Å². The van der Waals surface area contributed by atoms with Crippen LogP contribution in [0.4, 0.5) is 13.2 Å². The average Bonchev–Trinajstić information content (AvgIpc) is 2.54. The van der Waals surface area contributed by atoms with Crippen LogP contribution in [0.2, 0.25) is 0 Å². The predicted octanol–water partition coefficient (Wildman–Crippen LogP) is 0.937. The van der Waals surface area contributed by atoms with E-state index in [-0.39, 0.29) is 49.7 Å². The Kier molecular flexibility index (Phi) is 4.30. The summed E-state index contributed by atoms with van der Waals surface area (Å²) in [5, 5.41) is 0. The molecule has 0 aliphatic carbocycles. The fraction of sp³-hybridized carbons (Fsp3) is 0.500. The van der Waals surface area contributed by atoms with Gasteiger partial charge in [-0.2, -0.15) is 17.5 Å². The fourth-order valence-corrected chi connectivity index (χ4v) is 4.31. The number of benzene rings is 1. The van der Waals surface area contributed by atoms with Crippen LogP contribution in [-0.4, -0.2) is 62.4 Å². The van der Waals surface area contributed by atoms with Crippen LogP contribution in [0.25, 0.3) is 0 Å². The number of carbonyl (C=O) groups is 1. The monoisotopic (exact) mass is 364 g/mol. The highest BCUT2D eigenvalue weighted by molar-refractivity contribution is 7.89. The van der Waals surface area contributed by atoms with Crippen molar-refractivity contribution in [3.8, 4) is 0 Å². The van der Waals surface area contributed by atoms with Crippen molar-refractivity contribution in [2.45, 2.75) is 17.1 Å². The molecule has 24 heavy (non-hydrogen) atoms. The van der Waals surface area contributed by atoms with Crippen molar-refractivity contribution >= 4 is 15.9 Å². The molecule has 0 N–H and O–H groups in total. The lowest BCUT2D eigenvalue weighted by Crippen LogP contribution is -2.61. The largest absolute Gasteiger partial charge is 0.416 e. The number of halogens is 3. The Morgan fingerprint density at radius 3 is 2.42 bits per heavy atom. The lowest BCUT2D eigenvalue weighted by Gasteiger charge is -2.42. The molecule has 0 spiro atoms. The molecular formula is C14H15F3N2O4S. The molecule has 132 valence electrons. The van der Waals surface area contributed by atoms with Crippen LogP contribution in [-0.2, 0) is 25.7 Å². The first-order valence-electron chi connectivity index (χ1n) is 7.24. The van der Waals surface area contributed by atoms with Crippen molar-refractivity contribution < 1.29 is 31.1 Å². The van der Waals surface area contributed by atoms with Crippen LogP contribution in [0.3, 0.4) is 0 Å². The lowest BCUT2D eigenvalue weighted by atomic mass is 10.2. The molecule has 3 rings (SSSR count). The van der Waals surface area contributed by atoms with Gasteiger partial charge in [-0.1, -0.05) is 0 Å². The van der Waals surface area contributed by atoms with E-state index in [2.05, 4.69) is 0 Å². The van der Waals surface area contributed by atoms with Gasteiger partial charge in [0, 0.05) is 19.6 Å². The van der Waals surface area contributed by atoms with E-state index >= 15 is 0 Å². The average molecular weight is 364 g/mol. The summed E-state index contributed by atoms with van der Waals surface area (Å²) < 4.78 is 69.3. The number of piperazine rings is 1. The van der Waals surface area contributed by atoms with E-state index in [4.69, 9.17) is 4.74 Å². The zero-order chi connectivity index (χ0) is 17.5. The first-order chi connectivity index (χ1) is 11.2. The van der Waals surface area contributed by atoms with Crippen LogP contribution in [0.1, 0.15) is 5.56 Å². The van der Waals surface area contributed by atoms with Gasteiger partial charge in [-0.05, 0) is 24.3 Å². The molecule has 2 heterocycles. The third kappa shape index (κ3) is 3.13. The minimum Gasteiger partial charge on any atom is -0.369 e. The van der Waals surface area contributed by atoms with Crippen molar-refractivity contribution in [3.05, 3.63) is 29.8 Å². The third-order valence-electron chi connectivity index (χ3n) is 4.12. The SMILES string of the molecule is O=C1COCC2CN(S(=O)(=O)c3ccc(C(F)(F)F)cc3)CCN12. The maximum atomic E-state index is 12.6. The number of ether oxygens (including phenoxy) is 1. The molecule has 0 saturated carbocycles. The minimum absolute atomic E-state index is 0.0118. The Bertz CT molecular complexity index is 733. The van der Waals surface area contributed by atoms with Gasteiger partial charge in [0.1, 0.15) is 6.61 Å². The standard InChI is InChI=1S/C14H15F3N2O4S/c15-14(16,17)10-1-3-12(4-2-10)24(21,22)18-5-6-19-11(7-18)8-23-9-13(19)20/h1-4,11H,5-9H2. The van der Waals surface area contributed by atoms with Gasteiger partial charge in [0.25, 0.3) is 0 Å². The number of amides is 1. The molecule has 2 saturated heterocycles. The maximum Gasteiger partial charge on any atom is 0.416 e. The first-order valence-corrected chi connectivity index (χ1v) is 8.68. The lowest BCUT2D eigenvalue weighted by molar-refractivity contribution is -0.150. The number of fused-ring (bicyclic) bond motifs is 1. The number of nitrogens with zero attached hydrogens (tertiary/aromatic N) is 2. The number of rotatable bonds is 2. The molecule has 1 amide bonds. The molecule has 0 bridgehead atoms. The highest BCUT2D eigenvalue weighted by Gasteiger charge is 2.38. The molecule has 1 aromatic carbocycles. The smallest absolute Gasteiger partial charge is 0.369 e. The van der Waals surface area contributed by atoms with Crippen molar-refractivity contribution in [1.82, 2.24) is 9.21 Å². The van der Waals surface area contributed by atoms with Crippen molar-refractivity contribution in [2.75, 3.05) is 32.8 Å². The number of hydrogen-bond acceptors (Lipinski definition) is 4. The molecule has 0 aromatic heterocycles. The van der Waals surface area contributed by atoms with E-state index < -0.39 is 21.8 Å². The normalized spacial score (nSPS) is 23.2. The molecule has 0 radical (unpaired) electrons. The summed E-state index contributed by atoms with van der Waals surface area (Å²) in [6, 6.07) is 3.02. The number of alkyl halides is 3. The van der Waals surface area contributed by atoms with Gasteiger partial charge in [-0.15, -0.1) is 0 Å². The van der Waals surface area contributed by atoms with Crippen LogP contribution in [0.5, 0.6) is 0 Å². The van der Waals surface area contributed by atoms with Crippen LogP contribution in [0, 0.1) is 0 Å². The van der Waals surface area contributed by atoms with Gasteiger partial charge < -0.3 is 9.64 Å². The fourth-order valence-electron chi connectivity index (χ4n) is 2.85. The molecule has 1 atom stereocenters. The number of carbonyl (C=O) groups excluding carboxylic acids is 1.